The first-order valence-electron chi connectivity index (χ1n) is 9.80. The van der Waals surface area contributed by atoms with Crippen LogP contribution in [-0.2, 0) is 13.1 Å². The van der Waals surface area contributed by atoms with Crippen LogP contribution in [0, 0.1) is 0 Å². The quantitative estimate of drug-likeness (QED) is 0.456. The molecule has 3 aromatic rings. The highest BCUT2D eigenvalue weighted by molar-refractivity contribution is 5.79. The van der Waals surface area contributed by atoms with Gasteiger partial charge in [0.25, 0.3) is 0 Å². The third kappa shape index (κ3) is 5.28. The number of aliphatic imine (C=N–C) groups is 1. The van der Waals surface area contributed by atoms with Gasteiger partial charge in [-0.3, -0.25) is 0 Å². The van der Waals surface area contributed by atoms with Gasteiger partial charge in [-0.15, -0.1) is 0 Å². The first-order valence-corrected chi connectivity index (χ1v) is 9.80. The minimum atomic E-state index is 0.531. The van der Waals surface area contributed by atoms with Crippen molar-refractivity contribution in [2.45, 2.75) is 20.0 Å². The lowest BCUT2D eigenvalue weighted by Crippen LogP contribution is -2.38. The van der Waals surface area contributed by atoms with Gasteiger partial charge in [0.2, 0.25) is 0 Å². The first kappa shape index (κ1) is 21.2. The van der Waals surface area contributed by atoms with E-state index in [1.54, 1.807) is 31.3 Å². The fourth-order valence-electron chi connectivity index (χ4n) is 3.04. The highest BCUT2D eigenvalue weighted by Crippen LogP contribution is 2.25. The molecule has 2 heterocycles. The number of hydrogen-bond donors (Lipinski definition) is 1. The molecular weight excluding hydrogens is 380 g/mol. The van der Waals surface area contributed by atoms with Crippen LogP contribution < -0.4 is 14.8 Å². The van der Waals surface area contributed by atoms with Crippen LogP contribution in [0.2, 0.25) is 0 Å². The van der Waals surface area contributed by atoms with Gasteiger partial charge in [0.1, 0.15) is 11.5 Å². The Labute approximate surface area is 177 Å². The van der Waals surface area contributed by atoms with Crippen molar-refractivity contribution in [3.8, 4) is 17.3 Å². The summed E-state index contributed by atoms with van der Waals surface area (Å²) in [7, 11) is 5.32. The summed E-state index contributed by atoms with van der Waals surface area (Å²) < 4.78 is 12.5. The summed E-state index contributed by atoms with van der Waals surface area (Å²) in [6, 6.07) is 11.7. The number of ether oxygens (including phenoxy) is 2. The molecule has 0 saturated carbocycles. The van der Waals surface area contributed by atoms with Crippen molar-refractivity contribution in [2.75, 3.05) is 27.8 Å². The van der Waals surface area contributed by atoms with E-state index in [-0.39, 0.29) is 0 Å². The van der Waals surface area contributed by atoms with Crippen molar-refractivity contribution in [2.24, 2.45) is 4.99 Å². The lowest BCUT2D eigenvalue weighted by atomic mass is 10.2. The second kappa shape index (κ2) is 10.3. The van der Waals surface area contributed by atoms with Gasteiger partial charge in [-0.2, -0.15) is 5.10 Å². The van der Waals surface area contributed by atoms with Crippen molar-refractivity contribution < 1.29 is 9.47 Å². The van der Waals surface area contributed by atoms with E-state index in [2.05, 4.69) is 27.2 Å². The van der Waals surface area contributed by atoms with Gasteiger partial charge in [-0.05, 0) is 42.8 Å². The lowest BCUT2D eigenvalue weighted by Gasteiger charge is -2.23. The number of nitrogens with zero attached hydrogens (tertiary/aromatic N) is 5. The summed E-state index contributed by atoms with van der Waals surface area (Å²) >= 11 is 0. The zero-order valence-corrected chi connectivity index (χ0v) is 17.9. The predicted molar refractivity (Wildman–Crippen MR) is 117 cm³/mol. The Balaban J connectivity index is 1.75. The zero-order chi connectivity index (χ0) is 21.3. The Kier molecular flexibility index (Phi) is 7.26. The topological polar surface area (TPSA) is 76.8 Å². The molecule has 3 rings (SSSR count). The average molecular weight is 409 g/mol. The molecule has 8 nitrogen and oxygen atoms in total. The van der Waals surface area contributed by atoms with Crippen molar-refractivity contribution in [3.05, 3.63) is 66.1 Å². The molecule has 1 aromatic carbocycles. The monoisotopic (exact) mass is 408 g/mol. The maximum Gasteiger partial charge on any atom is 0.194 e. The largest absolute Gasteiger partial charge is 0.497 e. The Morgan fingerprint density at radius 3 is 2.73 bits per heavy atom. The fourth-order valence-corrected chi connectivity index (χ4v) is 3.04. The van der Waals surface area contributed by atoms with Gasteiger partial charge in [0, 0.05) is 50.4 Å². The molecular formula is C22H28N6O2. The molecule has 0 saturated heterocycles. The first-order chi connectivity index (χ1) is 14.6. The number of nitrogens with one attached hydrogen (secondary N) is 1. The van der Waals surface area contributed by atoms with Gasteiger partial charge in [0.05, 0.1) is 20.8 Å². The predicted octanol–water partition coefficient (Wildman–Crippen LogP) is 2.88. The lowest BCUT2D eigenvalue weighted by molar-refractivity contribution is 0.382. The number of hydrogen-bond acceptors (Lipinski definition) is 5. The molecule has 2 aromatic heterocycles. The number of benzene rings is 1. The number of guanidine groups is 1. The fraction of sp³-hybridized carbons (Fsp3) is 0.318. The molecule has 0 aliphatic heterocycles. The molecule has 1 N–H and O–H groups in total. The third-order valence-corrected chi connectivity index (χ3v) is 4.56. The molecule has 30 heavy (non-hydrogen) atoms. The van der Waals surface area contributed by atoms with Gasteiger partial charge in [-0.1, -0.05) is 0 Å². The van der Waals surface area contributed by atoms with Gasteiger partial charge < -0.3 is 19.7 Å². The van der Waals surface area contributed by atoms with Crippen molar-refractivity contribution in [1.82, 2.24) is 25.0 Å². The molecule has 158 valence electrons. The standard InChI is InChI=1S/C22H28N6O2/c1-5-23-22(27(2)16-18-7-8-19(29-3)14-20(18)30-4)25-15-17-9-11-24-21(13-17)28-12-6-10-26-28/h6-14H,5,15-16H2,1-4H3,(H,23,25). The molecule has 0 amide bonds. The zero-order valence-electron chi connectivity index (χ0n) is 17.9. The van der Waals surface area contributed by atoms with E-state index in [4.69, 9.17) is 14.5 Å². The minimum Gasteiger partial charge on any atom is -0.497 e. The Morgan fingerprint density at radius 1 is 1.17 bits per heavy atom. The number of aromatic nitrogens is 3. The van der Waals surface area contributed by atoms with E-state index in [0.29, 0.717) is 13.1 Å². The molecule has 8 heteroatoms. The van der Waals surface area contributed by atoms with Crippen LogP contribution in [0.25, 0.3) is 5.82 Å². The third-order valence-electron chi connectivity index (χ3n) is 4.56. The SMILES string of the molecule is CCNC(=NCc1ccnc(-n2cccn2)c1)N(C)Cc1ccc(OC)cc1OC. The molecule has 0 aliphatic carbocycles. The van der Waals surface area contributed by atoms with Crippen LogP contribution in [0.4, 0.5) is 0 Å². The number of pyridine rings is 1. The number of methoxy groups -OCH3 is 2. The van der Waals surface area contributed by atoms with Crippen LogP contribution in [0.1, 0.15) is 18.1 Å². The summed E-state index contributed by atoms with van der Waals surface area (Å²) in [6.07, 6.45) is 5.38. The highest BCUT2D eigenvalue weighted by atomic mass is 16.5. The Bertz CT molecular complexity index is 972. The van der Waals surface area contributed by atoms with Gasteiger partial charge >= 0.3 is 0 Å². The summed E-state index contributed by atoms with van der Waals surface area (Å²) in [5, 5.41) is 7.59. The van der Waals surface area contributed by atoms with Gasteiger partial charge in [0.15, 0.2) is 11.8 Å². The highest BCUT2D eigenvalue weighted by Gasteiger charge is 2.11. The molecule has 0 bridgehead atoms. The van der Waals surface area contributed by atoms with Crippen LogP contribution >= 0.6 is 0 Å². The van der Waals surface area contributed by atoms with E-state index < -0.39 is 0 Å². The van der Waals surface area contributed by atoms with Gasteiger partial charge in [-0.25, -0.2) is 14.7 Å². The van der Waals surface area contributed by atoms with E-state index in [1.165, 1.54) is 0 Å². The molecule has 0 fully saturated rings. The molecule has 0 atom stereocenters. The van der Waals surface area contributed by atoms with Crippen LogP contribution in [0.3, 0.4) is 0 Å². The smallest absolute Gasteiger partial charge is 0.194 e. The van der Waals surface area contributed by atoms with E-state index in [9.17, 15) is 0 Å². The summed E-state index contributed by atoms with van der Waals surface area (Å²) in [6.45, 7) is 4.01. The van der Waals surface area contributed by atoms with Crippen molar-refractivity contribution >= 4 is 5.96 Å². The van der Waals surface area contributed by atoms with Crippen LogP contribution in [0.15, 0.2) is 60.0 Å². The molecule has 0 spiro atoms. The van der Waals surface area contributed by atoms with E-state index in [1.807, 2.05) is 49.6 Å². The average Bonchev–Trinajstić information content (AvgIpc) is 3.32. The second-order valence-electron chi connectivity index (χ2n) is 6.68. The summed E-state index contributed by atoms with van der Waals surface area (Å²) in [4.78, 5) is 11.2. The normalized spacial score (nSPS) is 11.3. The summed E-state index contributed by atoms with van der Waals surface area (Å²) in [5.41, 5.74) is 2.11. The maximum atomic E-state index is 5.52. The molecule has 0 aliphatic rings. The Morgan fingerprint density at radius 2 is 2.03 bits per heavy atom. The molecule has 0 radical (unpaired) electrons. The van der Waals surface area contributed by atoms with Crippen molar-refractivity contribution in [3.63, 3.8) is 0 Å². The van der Waals surface area contributed by atoms with Crippen LogP contribution in [-0.4, -0.2) is 53.4 Å². The maximum absolute atomic E-state index is 5.52. The minimum absolute atomic E-state index is 0.531. The van der Waals surface area contributed by atoms with E-state index >= 15 is 0 Å². The van der Waals surface area contributed by atoms with E-state index in [0.717, 1.165) is 40.9 Å². The van der Waals surface area contributed by atoms with Crippen molar-refractivity contribution in [1.29, 1.82) is 0 Å². The second-order valence-corrected chi connectivity index (χ2v) is 6.68. The molecule has 0 unspecified atom stereocenters. The number of rotatable bonds is 8. The Hall–Kier alpha value is -3.55. The van der Waals surface area contributed by atoms with Crippen LogP contribution in [0.5, 0.6) is 11.5 Å². The summed E-state index contributed by atoms with van der Waals surface area (Å²) in [5.74, 6) is 3.14.